The fraction of sp³-hybridized carbons (Fsp3) is 0.857. The zero-order valence-electron chi connectivity index (χ0n) is 13.1. The molecule has 0 spiro atoms. The first kappa shape index (κ1) is 16.9. The average Bonchev–Trinajstić information content (AvgIpc) is 2.66. The number of likely N-dealkylation sites (tertiary alicyclic amines) is 1. The smallest absolute Gasteiger partial charge is 0.444 e. The van der Waals surface area contributed by atoms with E-state index in [4.69, 9.17) is 4.74 Å². The third kappa shape index (κ3) is 3.15. The lowest BCUT2D eigenvalue weighted by atomic mass is 10.0. The van der Waals surface area contributed by atoms with Gasteiger partial charge in [-0.15, -0.1) is 0 Å². The minimum atomic E-state index is -4.88. The summed E-state index contributed by atoms with van der Waals surface area (Å²) in [5.41, 5.74) is -0.672. The van der Waals surface area contributed by atoms with E-state index in [2.05, 4.69) is 0 Å². The van der Waals surface area contributed by atoms with Gasteiger partial charge in [0.15, 0.2) is 0 Å². The van der Waals surface area contributed by atoms with Crippen LogP contribution in [0.15, 0.2) is 0 Å². The van der Waals surface area contributed by atoms with Crippen molar-refractivity contribution in [3.05, 3.63) is 0 Å². The summed E-state index contributed by atoms with van der Waals surface area (Å²) in [7, 11) is 0. The maximum atomic E-state index is 12.7. The number of carbonyl (C=O) groups is 2. The summed E-state index contributed by atoms with van der Waals surface area (Å²) in [4.78, 5) is 26.1. The van der Waals surface area contributed by atoms with E-state index in [0.717, 1.165) is 4.90 Å². The molecule has 2 bridgehead atoms. The molecule has 2 rings (SSSR count). The van der Waals surface area contributed by atoms with Crippen LogP contribution in [0.4, 0.5) is 18.0 Å². The Labute approximate surface area is 127 Å². The number of piperazine rings is 1. The molecule has 0 saturated carbocycles. The van der Waals surface area contributed by atoms with E-state index in [0.29, 0.717) is 12.8 Å². The molecule has 2 fully saturated rings. The van der Waals surface area contributed by atoms with Gasteiger partial charge >= 0.3 is 18.2 Å². The molecule has 2 aliphatic rings. The quantitative estimate of drug-likeness (QED) is 0.689. The van der Waals surface area contributed by atoms with Crippen LogP contribution in [0.2, 0.25) is 0 Å². The van der Waals surface area contributed by atoms with Gasteiger partial charge in [0.2, 0.25) is 0 Å². The predicted molar refractivity (Wildman–Crippen MR) is 72.1 cm³/mol. The molecule has 126 valence electrons. The second-order valence-corrected chi connectivity index (χ2v) is 6.88. The molecule has 3 atom stereocenters. The monoisotopic (exact) mass is 322 g/mol. The lowest BCUT2D eigenvalue weighted by Crippen LogP contribution is -2.63. The van der Waals surface area contributed by atoms with E-state index in [1.807, 2.05) is 0 Å². The summed E-state index contributed by atoms with van der Waals surface area (Å²) in [5, 5.41) is 0. The van der Waals surface area contributed by atoms with Gasteiger partial charge in [0, 0.05) is 6.54 Å². The first-order valence-corrected chi connectivity index (χ1v) is 7.31. The van der Waals surface area contributed by atoms with Crippen LogP contribution in [0.3, 0.4) is 0 Å². The van der Waals surface area contributed by atoms with Crippen LogP contribution in [0.1, 0.15) is 40.5 Å². The van der Waals surface area contributed by atoms with Gasteiger partial charge in [-0.25, -0.2) is 4.79 Å². The number of rotatable bonds is 0. The molecule has 2 amide bonds. The number of ether oxygens (including phenoxy) is 1. The lowest BCUT2D eigenvalue weighted by molar-refractivity contribution is -0.192. The highest BCUT2D eigenvalue weighted by Crippen LogP contribution is 2.37. The lowest BCUT2D eigenvalue weighted by Gasteiger charge is -2.45. The topological polar surface area (TPSA) is 49.9 Å². The van der Waals surface area contributed by atoms with Crippen LogP contribution in [-0.4, -0.2) is 58.2 Å². The number of nitrogens with zero attached hydrogens (tertiary/aromatic N) is 2. The Morgan fingerprint density at radius 3 is 2.23 bits per heavy atom. The van der Waals surface area contributed by atoms with Gasteiger partial charge in [-0.3, -0.25) is 4.79 Å². The molecule has 0 aromatic heterocycles. The highest BCUT2D eigenvalue weighted by Gasteiger charge is 2.54. The molecule has 0 N–H and O–H groups in total. The maximum Gasteiger partial charge on any atom is 0.471 e. The Balaban J connectivity index is 2.15. The molecule has 0 aromatic rings. The van der Waals surface area contributed by atoms with Crippen molar-refractivity contribution in [2.45, 2.75) is 70.4 Å². The largest absolute Gasteiger partial charge is 0.471 e. The number of alkyl halides is 3. The SMILES string of the molecule is CC1[C@@H]2CC[C@H](CN1C(=O)OC(C)(C)C)N2C(=O)C(F)(F)F. The van der Waals surface area contributed by atoms with E-state index in [1.54, 1.807) is 27.7 Å². The highest BCUT2D eigenvalue weighted by molar-refractivity contribution is 5.83. The van der Waals surface area contributed by atoms with E-state index >= 15 is 0 Å². The standard InChI is InChI=1S/C14H21F3N2O3/c1-8-10-6-5-9(19(10)11(20)14(15,16)17)7-18(8)12(21)22-13(2,3)4/h8-10H,5-7H2,1-4H3/t8?,9-,10+/m1/s1. The fourth-order valence-electron chi connectivity index (χ4n) is 3.19. The van der Waals surface area contributed by atoms with Gasteiger partial charge in [-0.05, 0) is 40.5 Å². The van der Waals surface area contributed by atoms with Gasteiger partial charge in [0.25, 0.3) is 0 Å². The van der Waals surface area contributed by atoms with Crippen LogP contribution in [0, 0.1) is 0 Å². The minimum absolute atomic E-state index is 0.0778. The number of carbonyl (C=O) groups excluding carboxylic acids is 2. The third-order valence-electron chi connectivity index (χ3n) is 4.11. The van der Waals surface area contributed by atoms with Gasteiger partial charge in [0.1, 0.15) is 5.60 Å². The molecule has 0 radical (unpaired) electrons. The van der Waals surface area contributed by atoms with Crippen molar-refractivity contribution in [3.63, 3.8) is 0 Å². The Morgan fingerprint density at radius 2 is 1.73 bits per heavy atom. The van der Waals surface area contributed by atoms with E-state index in [1.165, 1.54) is 4.90 Å². The summed E-state index contributed by atoms with van der Waals surface area (Å²) < 4.78 is 43.4. The summed E-state index contributed by atoms with van der Waals surface area (Å²) in [6, 6.07) is -1.71. The number of amides is 2. The second-order valence-electron chi connectivity index (χ2n) is 6.88. The van der Waals surface area contributed by atoms with Gasteiger partial charge in [-0.2, -0.15) is 13.2 Å². The molecule has 8 heteroatoms. The van der Waals surface area contributed by atoms with Crippen molar-refractivity contribution >= 4 is 12.0 Å². The fourth-order valence-corrected chi connectivity index (χ4v) is 3.19. The Hall–Kier alpha value is -1.47. The van der Waals surface area contributed by atoms with Crippen molar-refractivity contribution in [2.75, 3.05) is 6.54 Å². The second kappa shape index (κ2) is 5.31. The van der Waals surface area contributed by atoms with Gasteiger partial charge in [-0.1, -0.05) is 0 Å². The maximum absolute atomic E-state index is 12.7. The Morgan fingerprint density at radius 1 is 1.14 bits per heavy atom. The van der Waals surface area contributed by atoms with Crippen molar-refractivity contribution in [2.24, 2.45) is 0 Å². The first-order valence-electron chi connectivity index (χ1n) is 7.31. The van der Waals surface area contributed by atoms with Crippen LogP contribution in [0.25, 0.3) is 0 Å². The Kier molecular flexibility index (Phi) is 4.08. The van der Waals surface area contributed by atoms with Gasteiger partial charge in [0.05, 0.1) is 18.1 Å². The number of fused-ring (bicyclic) bond motifs is 2. The van der Waals surface area contributed by atoms with Crippen molar-refractivity contribution in [3.8, 4) is 0 Å². The third-order valence-corrected chi connectivity index (χ3v) is 4.11. The van der Waals surface area contributed by atoms with E-state index < -0.39 is 41.9 Å². The molecule has 5 nitrogen and oxygen atoms in total. The molecule has 0 aromatic carbocycles. The summed E-state index contributed by atoms with van der Waals surface area (Å²) in [6.45, 7) is 6.93. The van der Waals surface area contributed by atoms with E-state index in [9.17, 15) is 22.8 Å². The zero-order chi connectivity index (χ0) is 16.9. The highest BCUT2D eigenvalue weighted by atomic mass is 19.4. The Bertz CT molecular complexity index is 473. The molecule has 1 unspecified atom stereocenters. The number of hydrogen-bond donors (Lipinski definition) is 0. The molecule has 2 heterocycles. The molecular formula is C14H21F3N2O3. The van der Waals surface area contributed by atoms with Crippen molar-refractivity contribution in [1.29, 1.82) is 0 Å². The van der Waals surface area contributed by atoms with Crippen molar-refractivity contribution < 1.29 is 27.5 Å². The van der Waals surface area contributed by atoms with Crippen LogP contribution < -0.4 is 0 Å². The van der Waals surface area contributed by atoms with Crippen LogP contribution in [-0.2, 0) is 9.53 Å². The minimum Gasteiger partial charge on any atom is -0.444 e. The molecule has 2 saturated heterocycles. The average molecular weight is 322 g/mol. The summed E-state index contributed by atoms with van der Waals surface area (Å²) in [5.74, 6) is -1.81. The van der Waals surface area contributed by atoms with Crippen LogP contribution in [0.5, 0.6) is 0 Å². The number of hydrogen-bond acceptors (Lipinski definition) is 3. The molecular weight excluding hydrogens is 301 g/mol. The summed E-state index contributed by atoms with van der Waals surface area (Å²) >= 11 is 0. The van der Waals surface area contributed by atoms with E-state index in [-0.39, 0.29) is 6.54 Å². The zero-order valence-corrected chi connectivity index (χ0v) is 13.1. The molecule has 2 aliphatic heterocycles. The first-order chi connectivity index (χ1) is 9.92. The van der Waals surface area contributed by atoms with Crippen molar-refractivity contribution in [1.82, 2.24) is 9.80 Å². The summed E-state index contributed by atoms with van der Waals surface area (Å²) in [6.07, 6.45) is -4.49. The number of halogens is 3. The van der Waals surface area contributed by atoms with Crippen LogP contribution >= 0.6 is 0 Å². The molecule has 22 heavy (non-hydrogen) atoms. The van der Waals surface area contributed by atoms with Gasteiger partial charge < -0.3 is 14.5 Å². The molecule has 0 aliphatic carbocycles. The predicted octanol–water partition coefficient (Wildman–Crippen LogP) is 2.55. The normalized spacial score (nSPS) is 28.8.